The molecule has 0 bridgehead atoms. The summed E-state index contributed by atoms with van der Waals surface area (Å²) in [5.74, 6) is -0.901. The molecule has 45 heavy (non-hydrogen) atoms. The van der Waals surface area contributed by atoms with Crippen molar-refractivity contribution in [3.63, 3.8) is 0 Å². The van der Waals surface area contributed by atoms with Crippen molar-refractivity contribution in [1.29, 1.82) is 0 Å². The van der Waals surface area contributed by atoms with E-state index in [1.54, 1.807) is 0 Å². The maximum Gasteiger partial charge on any atom is 0.266 e. The maximum atomic E-state index is 12.5. The first-order chi connectivity index (χ1) is 21.8. The van der Waals surface area contributed by atoms with Gasteiger partial charge < -0.3 is 10.4 Å². The van der Waals surface area contributed by atoms with Crippen LogP contribution >= 0.6 is 0 Å². The van der Waals surface area contributed by atoms with Gasteiger partial charge in [0.05, 0.1) is 17.9 Å². The Morgan fingerprint density at radius 1 is 0.600 bits per heavy atom. The van der Waals surface area contributed by atoms with E-state index in [9.17, 15) is 22.9 Å². The largest absolute Gasteiger partial charge is 0.391 e. The maximum absolute atomic E-state index is 12.5. The molecule has 7 heteroatoms. The van der Waals surface area contributed by atoms with Gasteiger partial charge in [0.15, 0.2) is 0 Å². The van der Waals surface area contributed by atoms with Crippen molar-refractivity contribution in [2.45, 2.75) is 206 Å². The molecule has 0 aliphatic carbocycles. The summed E-state index contributed by atoms with van der Waals surface area (Å²) >= 11 is 0. The number of nitrogens with one attached hydrogen (secondary N) is 1. The number of hydrogen-bond donors (Lipinski definition) is 3. The van der Waals surface area contributed by atoms with Gasteiger partial charge >= 0.3 is 0 Å². The van der Waals surface area contributed by atoms with Crippen LogP contribution in [0.1, 0.15) is 194 Å². The second kappa shape index (κ2) is 32.7. The van der Waals surface area contributed by atoms with Crippen LogP contribution in [-0.2, 0) is 14.9 Å². The van der Waals surface area contributed by atoms with Crippen molar-refractivity contribution >= 4 is 16.0 Å². The lowest BCUT2D eigenvalue weighted by Crippen LogP contribution is -2.47. The number of hydrogen-bond acceptors (Lipinski definition) is 4. The standard InChI is InChI=1S/C38H73NO5S/c1-3-5-7-9-11-13-14-15-16-17-18-19-20-21-22-23-24-26-28-30-32-34-38(41)39-36(35-45(42,43)44)37(40)33-31-29-27-25-12-10-8-6-4-2/h14-15,17-18,36-37,40H,3-13,16,19-35H2,1-2H3,(H,39,41)(H,42,43,44)/b15-14-,18-17-. The molecule has 0 aliphatic rings. The molecule has 6 nitrogen and oxygen atoms in total. The lowest BCUT2D eigenvalue weighted by molar-refractivity contribution is -0.122. The molecule has 0 aromatic carbocycles. The summed E-state index contributed by atoms with van der Waals surface area (Å²) in [6.07, 6.45) is 39.9. The van der Waals surface area contributed by atoms with Crippen LogP contribution in [0.4, 0.5) is 0 Å². The predicted molar refractivity (Wildman–Crippen MR) is 193 cm³/mol. The van der Waals surface area contributed by atoms with Crippen molar-refractivity contribution < 1.29 is 22.9 Å². The zero-order valence-electron chi connectivity index (χ0n) is 29.5. The van der Waals surface area contributed by atoms with Crippen molar-refractivity contribution in [1.82, 2.24) is 5.32 Å². The van der Waals surface area contributed by atoms with E-state index in [1.807, 2.05) is 0 Å². The van der Waals surface area contributed by atoms with E-state index in [1.165, 1.54) is 122 Å². The molecule has 0 saturated heterocycles. The molecule has 0 rings (SSSR count). The highest BCUT2D eigenvalue weighted by Gasteiger charge is 2.26. The molecule has 0 aliphatic heterocycles. The quantitative estimate of drug-likeness (QED) is 0.0363. The molecule has 2 atom stereocenters. The van der Waals surface area contributed by atoms with Gasteiger partial charge in [0.2, 0.25) is 5.91 Å². The Kier molecular flexibility index (Phi) is 31.9. The fourth-order valence-corrected chi connectivity index (χ4v) is 6.54. The van der Waals surface area contributed by atoms with Crippen molar-refractivity contribution in [3.8, 4) is 0 Å². The Morgan fingerprint density at radius 2 is 1.00 bits per heavy atom. The Hall–Kier alpha value is -1.18. The molecule has 3 N–H and O–H groups in total. The lowest BCUT2D eigenvalue weighted by atomic mass is 10.0. The number of carbonyl (C=O) groups is 1. The number of allylic oxidation sites excluding steroid dienone is 4. The second-order valence-electron chi connectivity index (χ2n) is 13.2. The third-order valence-corrected chi connectivity index (χ3v) is 9.44. The minimum Gasteiger partial charge on any atom is -0.391 e. The van der Waals surface area contributed by atoms with Gasteiger partial charge in [0.1, 0.15) is 0 Å². The highest BCUT2D eigenvalue weighted by molar-refractivity contribution is 7.85. The summed E-state index contributed by atoms with van der Waals surface area (Å²) in [7, 11) is -4.30. The van der Waals surface area contributed by atoms with Crippen LogP contribution in [0.25, 0.3) is 0 Å². The van der Waals surface area contributed by atoms with E-state index >= 15 is 0 Å². The molecule has 0 saturated carbocycles. The minimum absolute atomic E-state index is 0.252. The third kappa shape index (κ3) is 34.0. The molecule has 0 fully saturated rings. The highest BCUT2D eigenvalue weighted by atomic mass is 32.2. The van der Waals surface area contributed by atoms with Crippen molar-refractivity contribution in [3.05, 3.63) is 24.3 Å². The summed E-state index contributed by atoms with van der Waals surface area (Å²) in [4.78, 5) is 12.5. The van der Waals surface area contributed by atoms with Crippen LogP contribution in [0.5, 0.6) is 0 Å². The monoisotopic (exact) mass is 656 g/mol. The molecular weight excluding hydrogens is 582 g/mol. The van der Waals surface area contributed by atoms with Gasteiger partial charge in [-0.2, -0.15) is 8.42 Å². The predicted octanol–water partition coefficient (Wildman–Crippen LogP) is 10.8. The Balaban J connectivity index is 3.82. The van der Waals surface area contributed by atoms with Crippen LogP contribution in [0, 0.1) is 0 Å². The Labute approximate surface area is 279 Å². The Morgan fingerprint density at radius 3 is 1.44 bits per heavy atom. The average molecular weight is 656 g/mol. The van der Waals surface area contributed by atoms with Gasteiger partial charge in [-0.25, -0.2) is 0 Å². The van der Waals surface area contributed by atoms with Gasteiger partial charge in [-0.05, 0) is 44.9 Å². The number of amides is 1. The number of unbranched alkanes of at least 4 members (excludes halogenated alkanes) is 22. The van der Waals surface area contributed by atoms with Gasteiger partial charge in [-0.15, -0.1) is 0 Å². The van der Waals surface area contributed by atoms with Crippen LogP contribution in [-0.4, -0.2) is 41.9 Å². The van der Waals surface area contributed by atoms with E-state index in [2.05, 4.69) is 43.5 Å². The van der Waals surface area contributed by atoms with Crippen molar-refractivity contribution in [2.24, 2.45) is 0 Å². The second-order valence-corrected chi connectivity index (χ2v) is 14.7. The fraction of sp³-hybridized carbons (Fsp3) is 0.868. The first-order valence-corrected chi connectivity index (χ1v) is 20.6. The molecule has 266 valence electrons. The van der Waals surface area contributed by atoms with Gasteiger partial charge in [0, 0.05) is 6.42 Å². The van der Waals surface area contributed by atoms with Crippen LogP contribution in [0.3, 0.4) is 0 Å². The molecule has 0 aromatic heterocycles. The Bertz CT molecular complexity index is 811. The van der Waals surface area contributed by atoms with Gasteiger partial charge in [-0.1, -0.05) is 167 Å². The van der Waals surface area contributed by atoms with Crippen LogP contribution in [0.15, 0.2) is 24.3 Å². The summed E-state index contributed by atoms with van der Waals surface area (Å²) in [5.41, 5.74) is 0. The number of aliphatic hydroxyl groups excluding tert-OH is 1. The number of carbonyl (C=O) groups excluding carboxylic acids is 1. The van der Waals surface area contributed by atoms with E-state index in [0.29, 0.717) is 12.8 Å². The highest BCUT2D eigenvalue weighted by Crippen LogP contribution is 2.15. The van der Waals surface area contributed by atoms with Gasteiger partial charge in [0.25, 0.3) is 10.1 Å². The molecule has 0 aromatic rings. The van der Waals surface area contributed by atoms with E-state index in [0.717, 1.165) is 44.9 Å². The van der Waals surface area contributed by atoms with E-state index < -0.39 is 28.0 Å². The van der Waals surface area contributed by atoms with E-state index in [-0.39, 0.29) is 5.91 Å². The topological polar surface area (TPSA) is 104 Å². The molecule has 0 heterocycles. The smallest absolute Gasteiger partial charge is 0.266 e. The third-order valence-electron chi connectivity index (χ3n) is 8.66. The van der Waals surface area contributed by atoms with Crippen LogP contribution in [0.2, 0.25) is 0 Å². The zero-order valence-corrected chi connectivity index (χ0v) is 30.3. The molecule has 2 unspecified atom stereocenters. The first-order valence-electron chi connectivity index (χ1n) is 19.0. The average Bonchev–Trinajstić information content (AvgIpc) is 3.00. The summed E-state index contributed by atoms with van der Waals surface area (Å²) in [6.45, 7) is 4.47. The minimum atomic E-state index is -4.30. The first kappa shape index (κ1) is 43.8. The van der Waals surface area contributed by atoms with Crippen LogP contribution < -0.4 is 5.32 Å². The normalized spacial score (nSPS) is 13.6. The van der Waals surface area contributed by atoms with Gasteiger partial charge in [-0.3, -0.25) is 9.35 Å². The molecular formula is C38H73NO5S. The van der Waals surface area contributed by atoms with E-state index in [4.69, 9.17) is 0 Å². The summed E-state index contributed by atoms with van der Waals surface area (Å²) in [5, 5.41) is 13.3. The summed E-state index contributed by atoms with van der Waals surface area (Å²) in [6, 6.07) is -0.969. The number of rotatable bonds is 34. The summed E-state index contributed by atoms with van der Waals surface area (Å²) < 4.78 is 32.3. The SMILES string of the molecule is CCCCCCC/C=C\C/C=C\CCCCCCCCCCCC(=O)NC(CS(=O)(=O)O)C(O)CCCCCCCCCCC. The zero-order chi connectivity index (χ0) is 33.3. The molecule has 1 amide bonds. The molecule has 0 radical (unpaired) electrons. The van der Waals surface area contributed by atoms with Crippen molar-refractivity contribution in [2.75, 3.05) is 5.75 Å². The lowest BCUT2D eigenvalue weighted by Gasteiger charge is -2.23. The fourth-order valence-electron chi connectivity index (χ4n) is 5.78. The molecule has 0 spiro atoms. The number of aliphatic hydroxyl groups is 1.